The van der Waals surface area contributed by atoms with E-state index >= 15 is 0 Å². The van der Waals surface area contributed by atoms with Gasteiger partial charge in [-0.15, -0.1) is 0 Å². The molecule has 3 N–H and O–H groups in total. The first-order valence-corrected chi connectivity index (χ1v) is 11.5. The van der Waals surface area contributed by atoms with Gasteiger partial charge < -0.3 is 5.11 Å². The van der Waals surface area contributed by atoms with Gasteiger partial charge in [-0.3, -0.25) is 10.0 Å². The highest BCUT2D eigenvalue weighted by Crippen LogP contribution is 2.25. The molecule has 7 heteroatoms. The monoisotopic (exact) mass is 429 g/mol. The number of aliphatic hydroxyl groups excluding tert-OH is 1. The van der Waals surface area contributed by atoms with E-state index in [0.717, 1.165) is 28.5 Å². The molecule has 2 atom stereocenters. The molecule has 0 fully saturated rings. The molecule has 0 saturated carbocycles. The molecule has 2 rings (SSSR count). The number of carbonyl (C=O) groups excluding carboxylic acids is 1. The van der Waals surface area contributed by atoms with E-state index in [-0.39, 0.29) is 18.9 Å². The van der Waals surface area contributed by atoms with Crippen molar-refractivity contribution < 1.29 is 23.5 Å². The van der Waals surface area contributed by atoms with Gasteiger partial charge in [-0.1, -0.05) is 48.2 Å². The van der Waals surface area contributed by atoms with E-state index in [4.69, 9.17) is 10.3 Å². The molecule has 0 aliphatic heterocycles. The standard InChI is InChI=1S/C23H27NO5S/c1-17(16-25)4-5-18-6-10-20(11-7-18)21-12-8-19(9-13-21)14-15-23(2,22(26)24-27)30(3,28)29/h6-13,17,25,27H,14-16H2,1-3H3,(H,24,26). The number of aliphatic hydroxyl groups is 1. The Kier molecular flexibility index (Phi) is 7.79. The Labute approximate surface area is 177 Å². The SMILES string of the molecule is CC(C#Cc1ccc(-c2ccc(CCC(C)(C(=O)NO)S(C)(=O)=O)cc2)cc1)CO. The Balaban J connectivity index is 2.11. The number of hydroxylamine groups is 1. The summed E-state index contributed by atoms with van der Waals surface area (Å²) in [5.74, 6) is 5.01. The van der Waals surface area contributed by atoms with Gasteiger partial charge in [0.1, 0.15) is 4.75 Å². The van der Waals surface area contributed by atoms with Crippen LogP contribution in [-0.2, 0) is 21.1 Å². The Morgan fingerprint density at radius 2 is 1.63 bits per heavy atom. The lowest BCUT2D eigenvalue weighted by atomic mass is 9.97. The summed E-state index contributed by atoms with van der Waals surface area (Å²) in [5, 5.41) is 17.9. The number of benzene rings is 2. The molecule has 1 amide bonds. The number of carbonyl (C=O) groups is 1. The van der Waals surface area contributed by atoms with E-state index in [2.05, 4.69) is 11.8 Å². The van der Waals surface area contributed by atoms with E-state index in [1.54, 1.807) is 0 Å². The molecule has 0 heterocycles. The third kappa shape index (κ3) is 5.70. The first-order chi connectivity index (χ1) is 14.1. The molecule has 0 radical (unpaired) electrons. The quantitative estimate of drug-likeness (QED) is 0.357. The normalized spacial score (nSPS) is 14.2. The second-order valence-corrected chi connectivity index (χ2v) is 10.0. The van der Waals surface area contributed by atoms with Gasteiger partial charge in [-0.05, 0) is 55.5 Å². The Bertz CT molecular complexity index is 1030. The largest absolute Gasteiger partial charge is 0.395 e. The van der Waals surface area contributed by atoms with Gasteiger partial charge in [0.2, 0.25) is 0 Å². The minimum absolute atomic E-state index is 0.0332. The molecule has 0 spiro atoms. The molecular weight excluding hydrogens is 402 g/mol. The second-order valence-electron chi connectivity index (χ2n) is 7.57. The number of rotatable bonds is 7. The molecule has 0 aliphatic rings. The minimum atomic E-state index is -3.71. The predicted molar refractivity (Wildman–Crippen MR) is 117 cm³/mol. The molecule has 0 aliphatic carbocycles. The summed E-state index contributed by atoms with van der Waals surface area (Å²) >= 11 is 0. The van der Waals surface area contributed by atoms with Crippen LogP contribution in [0, 0.1) is 17.8 Å². The van der Waals surface area contributed by atoms with E-state index < -0.39 is 20.5 Å². The first kappa shape index (κ1) is 23.6. The summed E-state index contributed by atoms with van der Waals surface area (Å²) in [4.78, 5) is 11.9. The highest BCUT2D eigenvalue weighted by molar-refractivity contribution is 7.92. The summed E-state index contributed by atoms with van der Waals surface area (Å²) in [5.41, 5.74) is 5.24. The lowest BCUT2D eigenvalue weighted by Crippen LogP contribution is -2.49. The van der Waals surface area contributed by atoms with Gasteiger partial charge in [-0.2, -0.15) is 0 Å². The lowest BCUT2D eigenvalue weighted by molar-refractivity contribution is -0.131. The third-order valence-corrected chi connectivity index (χ3v) is 7.23. The van der Waals surface area contributed by atoms with Crippen molar-refractivity contribution in [2.24, 2.45) is 5.92 Å². The van der Waals surface area contributed by atoms with E-state index in [0.29, 0.717) is 6.42 Å². The zero-order valence-electron chi connectivity index (χ0n) is 17.3. The molecule has 0 saturated heterocycles. The lowest BCUT2D eigenvalue weighted by Gasteiger charge is -2.25. The molecule has 2 aromatic carbocycles. The summed E-state index contributed by atoms with van der Waals surface area (Å²) < 4.78 is 22.4. The van der Waals surface area contributed by atoms with Crippen LogP contribution in [0.4, 0.5) is 0 Å². The summed E-state index contributed by atoms with van der Waals surface area (Å²) in [6.45, 7) is 3.21. The van der Waals surface area contributed by atoms with Crippen LogP contribution in [0.5, 0.6) is 0 Å². The molecule has 160 valence electrons. The van der Waals surface area contributed by atoms with Gasteiger partial charge in [-0.25, -0.2) is 13.9 Å². The Hall–Kier alpha value is -2.66. The highest BCUT2D eigenvalue weighted by atomic mass is 32.2. The van der Waals surface area contributed by atoms with Crippen LogP contribution in [0.1, 0.15) is 31.4 Å². The van der Waals surface area contributed by atoms with Crippen LogP contribution in [0.25, 0.3) is 11.1 Å². The third-order valence-electron chi connectivity index (χ3n) is 5.20. The van der Waals surface area contributed by atoms with Gasteiger partial charge in [0.05, 0.1) is 6.61 Å². The number of hydrogen-bond donors (Lipinski definition) is 3. The fraction of sp³-hybridized carbons (Fsp3) is 0.348. The van der Waals surface area contributed by atoms with Crippen molar-refractivity contribution in [1.29, 1.82) is 0 Å². The van der Waals surface area contributed by atoms with Gasteiger partial charge in [0.15, 0.2) is 9.84 Å². The van der Waals surface area contributed by atoms with Crippen LogP contribution in [0.3, 0.4) is 0 Å². The van der Waals surface area contributed by atoms with Gasteiger partial charge in [0.25, 0.3) is 5.91 Å². The average Bonchev–Trinajstić information content (AvgIpc) is 2.75. The van der Waals surface area contributed by atoms with Crippen LogP contribution in [0.2, 0.25) is 0 Å². The van der Waals surface area contributed by atoms with Crippen LogP contribution in [-0.4, -0.2) is 42.2 Å². The smallest absolute Gasteiger partial charge is 0.264 e. The molecule has 6 nitrogen and oxygen atoms in total. The number of hydrogen-bond acceptors (Lipinski definition) is 5. The number of sulfone groups is 1. The zero-order chi connectivity index (χ0) is 22.4. The van der Waals surface area contributed by atoms with Crippen molar-refractivity contribution in [2.75, 3.05) is 12.9 Å². The van der Waals surface area contributed by atoms with E-state index in [1.165, 1.54) is 12.4 Å². The molecule has 0 aromatic heterocycles. The highest BCUT2D eigenvalue weighted by Gasteiger charge is 2.43. The molecule has 2 aromatic rings. The molecule has 30 heavy (non-hydrogen) atoms. The number of amides is 1. The Morgan fingerprint density at radius 3 is 2.10 bits per heavy atom. The molecular formula is C23H27NO5S. The Morgan fingerprint density at radius 1 is 1.10 bits per heavy atom. The molecule has 0 bridgehead atoms. The first-order valence-electron chi connectivity index (χ1n) is 9.56. The van der Waals surface area contributed by atoms with Crippen molar-refractivity contribution >= 4 is 15.7 Å². The van der Waals surface area contributed by atoms with E-state index in [9.17, 15) is 13.2 Å². The van der Waals surface area contributed by atoms with Crippen LogP contribution in [0.15, 0.2) is 48.5 Å². The fourth-order valence-electron chi connectivity index (χ4n) is 2.83. The van der Waals surface area contributed by atoms with Crippen LogP contribution >= 0.6 is 0 Å². The van der Waals surface area contributed by atoms with Crippen molar-refractivity contribution in [3.8, 4) is 23.0 Å². The topological polar surface area (TPSA) is 104 Å². The average molecular weight is 430 g/mol. The van der Waals surface area contributed by atoms with Crippen molar-refractivity contribution in [3.05, 3.63) is 59.7 Å². The van der Waals surface area contributed by atoms with E-state index in [1.807, 2.05) is 55.5 Å². The summed E-state index contributed by atoms with van der Waals surface area (Å²) in [6, 6.07) is 15.4. The summed E-state index contributed by atoms with van der Waals surface area (Å²) in [6.07, 6.45) is 1.41. The fourth-order valence-corrected chi connectivity index (χ4v) is 3.69. The zero-order valence-corrected chi connectivity index (χ0v) is 18.2. The predicted octanol–water partition coefficient (Wildman–Crippen LogP) is 2.57. The summed E-state index contributed by atoms with van der Waals surface area (Å²) in [7, 11) is -3.71. The van der Waals surface area contributed by atoms with Crippen molar-refractivity contribution in [3.63, 3.8) is 0 Å². The maximum absolute atomic E-state index is 12.0. The minimum Gasteiger partial charge on any atom is -0.395 e. The van der Waals surface area contributed by atoms with Crippen molar-refractivity contribution in [2.45, 2.75) is 31.4 Å². The van der Waals surface area contributed by atoms with Crippen molar-refractivity contribution in [1.82, 2.24) is 5.48 Å². The second kappa shape index (κ2) is 9.90. The van der Waals surface area contributed by atoms with Gasteiger partial charge >= 0.3 is 0 Å². The maximum Gasteiger partial charge on any atom is 0.264 e. The number of nitrogens with one attached hydrogen (secondary N) is 1. The van der Waals surface area contributed by atoms with Crippen LogP contribution < -0.4 is 5.48 Å². The number of aryl methyl sites for hydroxylation is 1. The molecule has 2 unspecified atom stereocenters. The maximum atomic E-state index is 12.0. The van der Waals surface area contributed by atoms with Gasteiger partial charge in [0, 0.05) is 17.7 Å².